The summed E-state index contributed by atoms with van der Waals surface area (Å²) in [7, 11) is 1.76. The second-order valence-electron chi connectivity index (χ2n) is 3.31. The van der Waals surface area contributed by atoms with Gasteiger partial charge in [-0.1, -0.05) is 0 Å². The van der Waals surface area contributed by atoms with Crippen molar-refractivity contribution in [3.05, 3.63) is 12.0 Å². The number of carbonyl (C=O) groups is 1. The third-order valence-corrected chi connectivity index (χ3v) is 2.04. The first-order valence-electron chi connectivity index (χ1n) is 4.37. The van der Waals surface area contributed by atoms with Crippen molar-refractivity contribution < 1.29 is 14.3 Å². The van der Waals surface area contributed by atoms with Gasteiger partial charge in [-0.2, -0.15) is 0 Å². The maximum atomic E-state index is 10.5. The molecule has 1 N–H and O–H groups in total. The van der Waals surface area contributed by atoms with Crippen LogP contribution in [0.4, 0.5) is 6.01 Å². The Hall–Kier alpha value is -1.52. The molecule has 5 nitrogen and oxygen atoms in total. The van der Waals surface area contributed by atoms with E-state index in [1.165, 1.54) is 0 Å². The Kier molecular flexibility index (Phi) is 3.11. The van der Waals surface area contributed by atoms with Crippen LogP contribution in [-0.4, -0.2) is 29.1 Å². The van der Waals surface area contributed by atoms with Crippen molar-refractivity contribution >= 4 is 12.0 Å². The van der Waals surface area contributed by atoms with Gasteiger partial charge in [-0.3, -0.25) is 4.79 Å². The molecule has 78 valence electrons. The molecule has 1 aromatic rings. The lowest BCUT2D eigenvalue weighted by molar-refractivity contribution is -0.137. The van der Waals surface area contributed by atoms with Gasteiger partial charge in [0.1, 0.15) is 5.76 Å². The van der Waals surface area contributed by atoms with E-state index in [-0.39, 0.29) is 12.5 Å². The number of rotatable bonds is 4. The second-order valence-corrected chi connectivity index (χ2v) is 3.31. The summed E-state index contributed by atoms with van der Waals surface area (Å²) in [6.07, 6.45) is 1.68. The molecule has 0 spiro atoms. The number of aryl methyl sites for hydroxylation is 1. The Bertz CT molecular complexity index is 322. The lowest BCUT2D eigenvalue weighted by atomic mass is 10.2. The van der Waals surface area contributed by atoms with Gasteiger partial charge in [-0.25, -0.2) is 4.98 Å². The van der Waals surface area contributed by atoms with Crippen LogP contribution in [0.1, 0.15) is 19.1 Å². The number of hydrogen-bond acceptors (Lipinski definition) is 4. The smallest absolute Gasteiger partial charge is 0.305 e. The predicted octanol–water partition coefficient (Wildman–Crippen LogP) is 1.28. The van der Waals surface area contributed by atoms with Crippen molar-refractivity contribution in [3.63, 3.8) is 0 Å². The zero-order chi connectivity index (χ0) is 10.7. The first-order chi connectivity index (χ1) is 6.50. The topological polar surface area (TPSA) is 66.6 Å². The van der Waals surface area contributed by atoms with E-state index < -0.39 is 5.97 Å². The number of aliphatic carboxylic acids is 1. The van der Waals surface area contributed by atoms with Crippen LogP contribution >= 0.6 is 0 Å². The molecule has 0 aliphatic heterocycles. The van der Waals surface area contributed by atoms with E-state index >= 15 is 0 Å². The summed E-state index contributed by atoms with van der Waals surface area (Å²) in [5, 5.41) is 8.61. The highest BCUT2D eigenvalue weighted by atomic mass is 16.4. The monoisotopic (exact) mass is 198 g/mol. The summed E-state index contributed by atoms with van der Waals surface area (Å²) < 4.78 is 5.27. The normalized spacial score (nSPS) is 12.5. The van der Waals surface area contributed by atoms with Crippen molar-refractivity contribution in [3.8, 4) is 0 Å². The van der Waals surface area contributed by atoms with Crippen LogP contribution in [0.2, 0.25) is 0 Å². The van der Waals surface area contributed by atoms with Crippen molar-refractivity contribution in [2.24, 2.45) is 0 Å². The minimum Gasteiger partial charge on any atom is -0.481 e. The zero-order valence-electron chi connectivity index (χ0n) is 8.52. The summed E-state index contributed by atoms with van der Waals surface area (Å²) in [6, 6.07) is 0.321. The molecular weight excluding hydrogens is 184 g/mol. The van der Waals surface area contributed by atoms with Crippen molar-refractivity contribution in [2.75, 3.05) is 11.9 Å². The number of hydrogen-bond donors (Lipinski definition) is 1. The van der Waals surface area contributed by atoms with Gasteiger partial charge in [-0.15, -0.1) is 0 Å². The number of oxazole rings is 1. The number of aromatic nitrogens is 1. The second kappa shape index (κ2) is 4.13. The lowest BCUT2D eigenvalue weighted by Crippen LogP contribution is -2.31. The fraction of sp³-hybridized carbons (Fsp3) is 0.556. The van der Waals surface area contributed by atoms with Crippen molar-refractivity contribution in [1.29, 1.82) is 0 Å². The molecule has 0 saturated carbocycles. The minimum atomic E-state index is -0.826. The average Bonchev–Trinajstić information content (AvgIpc) is 2.49. The van der Waals surface area contributed by atoms with Crippen LogP contribution in [0, 0.1) is 6.92 Å². The first kappa shape index (κ1) is 10.6. The SMILES string of the molecule is Cc1cnc(N(C)C(C)CC(=O)O)o1. The average molecular weight is 198 g/mol. The molecule has 0 aliphatic rings. The van der Waals surface area contributed by atoms with Gasteiger partial charge in [0.25, 0.3) is 6.01 Å². The van der Waals surface area contributed by atoms with Crippen molar-refractivity contribution in [2.45, 2.75) is 26.3 Å². The van der Waals surface area contributed by atoms with Crippen LogP contribution in [0.25, 0.3) is 0 Å². The molecule has 0 bridgehead atoms. The van der Waals surface area contributed by atoms with Gasteiger partial charge < -0.3 is 14.4 Å². The third kappa shape index (κ3) is 2.48. The highest BCUT2D eigenvalue weighted by Crippen LogP contribution is 2.15. The fourth-order valence-corrected chi connectivity index (χ4v) is 1.08. The summed E-state index contributed by atoms with van der Waals surface area (Å²) in [5.74, 6) is -0.109. The summed E-state index contributed by atoms with van der Waals surface area (Å²) >= 11 is 0. The number of carboxylic acids is 1. The highest BCUT2D eigenvalue weighted by Gasteiger charge is 2.16. The standard InChI is InChI=1S/C9H14N2O3/c1-6(4-8(12)13)11(3)9-10-5-7(2)14-9/h5-6H,4H2,1-3H3,(H,12,13). The van der Waals surface area contributed by atoms with Crippen LogP contribution in [-0.2, 0) is 4.79 Å². The van der Waals surface area contributed by atoms with Crippen LogP contribution in [0.5, 0.6) is 0 Å². The minimum absolute atomic E-state index is 0.0674. The molecule has 5 heteroatoms. The van der Waals surface area contributed by atoms with E-state index in [1.54, 1.807) is 25.1 Å². The molecule has 0 radical (unpaired) electrons. The Morgan fingerprint density at radius 1 is 1.79 bits per heavy atom. The van der Waals surface area contributed by atoms with E-state index in [1.807, 2.05) is 6.92 Å². The van der Waals surface area contributed by atoms with E-state index in [0.29, 0.717) is 6.01 Å². The molecule has 1 rings (SSSR count). The van der Waals surface area contributed by atoms with Crippen LogP contribution in [0.15, 0.2) is 10.6 Å². The van der Waals surface area contributed by atoms with Crippen LogP contribution in [0.3, 0.4) is 0 Å². The largest absolute Gasteiger partial charge is 0.481 e. The molecule has 1 heterocycles. The number of nitrogens with zero attached hydrogens (tertiary/aromatic N) is 2. The Balaban J connectivity index is 2.65. The quantitative estimate of drug-likeness (QED) is 0.789. The summed E-state index contributed by atoms with van der Waals surface area (Å²) in [4.78, 5) is 16.2. The van der Waals surface area contributed by atoms with E-state index in [0.717, 1.165) is 5.76 Å². The Labute approximate surface area is 82.4 Å². The summed E-state index contributed by atoms with van der Waals surface area (Å²) in [5.41, 5.74) is 0. The van der Waals surface area contributed by atoms with Gasteiger partial charge in [-0.05, 0) is 13.8 Å². The molecule has 0 aliphatic carbocycles. The van der Waals surface area contributed by atoms with Gasteiger partial charge >= 0.3 is 5.97 Å². The van der Waals surface area contributed by atoms with E-state index in [4.69, 9.17) is 9.52 Å². The molecule has 1 atom stereocenters. The highest BCUT2D eigenvalue weighted by molar-refractivity contribution is 5.68. The maximum Gasteiger partial charge on any atom is 0.305 e. The fourth-order valence-electron chi connectivity index (χ4n) is 1.08. The molecule has 14 heavy (non-hydrogen) atoms. The van der Waals surface area contributed by atoms with Gasteiger partial charge in [0.2, 0.25) is 0 Å². The molecule has 0 aromatic carbocycles. The zero-order valence-corrected chi connectivity index (χ0v) is 8.52. The molecule has 1 aromatic heterocycles. The third-order valence-electron chi connectivity index (χ3n) is 2.04. The Morgan fingerprint density at radius 2 is 2.43 bits per heavy atom. The van der Waals surface area contributed by atoms with Crippen LogP contribution < -0.4 is 4.90 Å². The van der Waals surface area contributed by atoms with E-state index in [9.17, 15) is 4.79 Å². The molecule has 0 saturated heterocycles. The molecular formula is C9H14N2O3. The van der Waals surface area contributed by atoms with Gasteiger partial charge in [0.05, 0.1) is 12.6 Å². The molecule has 1 unspecified atom stereocenters. The predicted molar refractivity (Wildman–Crippen MR) is 51.4 cm³/mol. The Morgan fingerprint density at radius 3 is 2.86 bits per heavy atom. The van der Waals surface area contributed by atoms with Gasteiger partial charge in [0, 0.05) is 13.1 Å². The molecule has 0 fully saturated rings. The maximum absolute atomic E-state index is 10.5. The van der Waals surface area contributed by atoms with Gasteiger partial charge in [0.15, 0.2) is 0 Å². The van der Waals surface area contributed by atoms with E-state index in [2.05, 4.69) is 4.98 Å². The van der Waals surface area contributed by atoms with Crippen molar-refractivity contribution in [1.82, 2.24) is 4.98 Å². The first-order valence-corrected chi connectivity index (χ1v) is 4.37. The summed E-state index contributed by atoms with van der Waals surface area (Å²) in [6.45, 7) is 3.61. The number of anilines is 1. The number of carboxylic acid groups (broad SMARTS) is 1. The molecule has 0 amide bonds. The lowest BCUT2D eigenvalue weighted by Gasteiger charge is -2.21.